The van der Waals surface area contributed by atoms with Gasteiger partial charge >= 0.3 is 0 Å². The predicted octanol–water partition coefficient (Wildman–Crippen LogP) is 1.64. The fourth-order valence-corrected chi connectivity index (χ4v) is 1.78. The Labute approximate surface area is 100 Å². The van der Waals surface area contributed by atoms with Crippen molar-refractivity contribution in [2.45, 2.75) is 13.3 Å². The molecule has 5 heteroatoms. The SMILES string of the molecule is CCc1nc(-c2cccc(N)c2OC)n(C)n1. The Hall–Kier alpha value is -2.04. The molecule has 1 aromatic carbocycles. The van der Waals surface area contributed by atoms with Crippen LogP contribution in [-0.2, 0) is 13.5 Å². The molecule has 0 amide bonds. The van der Waals surface area contributed by atoms with Gasteiger partial charge in [-0.05, 0) is 12.1 Å². The van der Waals surface area contributed by atoms with Crippen LogP contribution in [0.5, 0.6) is 5.75 Å². The van der Waals surface area contributed by atoms with Crippen LogP contribution in [0.4, 0.5) is 5.69 Å². The van der Waals surface area contributed by atoms with Crippen LogP contribution in [0.25, 0.3) is 11.4 Å². The van der Waals surface area contributed by atoms with Gasteiger partial charge in [0.2, 0.25) is 0 Å². The molecular weight excluding hydrogens is 216 g/mol. The van der Waals surface area contributed by atoms with Gasteiger partial charge in [-0.3, -0.25) is 0 Å². The number of rotatable bonds is 3. The van der Waals surface area contributed by atoms with Gasteiger partial charge in [-0.25, -0.2) is 9.67 Å². The standard InChI is InChI=1S/C12H16N4O/c1-4-10-14-12(16(2)15-10)8-6-5-7-9(13)11(8)17-3/h5-7H,4,13H2,1-3H3. The van der Waals surface area contributed by atoms with Crippen LogP contribution in [-0.4, -0.2) is 21.9 Å². The predicted molar refractivity (Wildman–Crippen MR) is 66.8 cm³/mol. The molecule has 5 nitrogen and oxygen atoms in total. The molecule has 1 aromatic heterocycles. The second-order valence-electron chi connectivity index (χ2n) is 3.76. The lowest BCUT2D eigenvalue weighted by Gasteiger charge is -2.09. The largest absolute Gasteiger partial charge is 0.494 e. The summed E-state index contributed by atoms with van der Waals surface area (Å²) in [7, 11) is 3.47. The van der Waals surface area contributed by atoms with E-state index < -0.39 is 0 Å². The molecule has 17 heavy (non-hydrogen) atoms. The molecule has 2 aromatic rings. The van der Waals surface area contributed by atoms with Crippen molar-refractivity contribution < 1.29 is 4.74 Å². The normalized spacial score (nSPS) is 10.5. The van der Waals surface area contributed by atoms with Gasteiger partial charge in [0.15, 0.2) is 17.4 Å². The lowest BCUT2D eigenvalue weighted by atomic mass is 10.1. The van der Waals surface area contributed by atoms with E-state index in [9.17, 15) is 0 Å². The Bertz CT molecular complexity index is 533. The first-order valence-electron chi connectivity index (χ1n) is 5.50. The fraction of sp³-hybridized carbons (Fsp3) is 0.333. The van der Waals surface area contributed by atoms with Crippen molar-refractivity contribution >= 4 is 5.69 Å². The summed E-state index contributed by atoms with van der Waals surface area (Å²) in [5.41, 5.74) is 7.34. The highest BCUT2D eigenvalue weighted by Gasteiger charge is 2.14. The average molecular weight is 232 g/mol. The number of nitrogens with zero attached hydrogens (tertiary/aromatic N) is 3. The van der Waals surface area contributed by atoms with Gasteiger partial charge in [0.25, 0.3) is 0 Å². The number of methoxy groups -OCH3 is 1. The van der Waals surface area contributed by atoms with Gasteiger partial charge in [-0.1, -0.05) is 13.0 Å². The van der Waals surface area contributed by atoms with E-state index >= 15 is 0 Å². The Morgan fingerprint density at radius 3 is 2.76 bits per heavy atom. The molecular formula is C12H16N4O. The molecule has 0 aliphatic carbocycles. The number of hydrogen-bond acceptors (Lipinski definition) is 4. The number of benzene rings is 1. The van der Waals surface area contributed by atoms with Crippen molar-refractivity contribution in [3.05, 3.63) is 24.0 Å². The van der Waals surface area contributed by atoms with Gasteiger partial charge in [-0.2, -0.15) is 5.10 Å². The number of aromatic nitrogens is 3. The summed E-state index contributed by atoms with van der Waals surface area (Å²) < 4.78 is 7.07. The summed E-state index contributed by atoms with van der Waals surface area (Å²) in [4.78, 5) is 4.46. The number of ether oxygens (including phenoxy) is 1. The molecule has 0 unspecified atom stereocenters. The maximum absolute atomic E-state index is 5.88. The molecule has 1 heterocycles. The van der Waals surface area contributed by atoms with Gasteiger partial charge in [0.1, 0.15) is 0 Å². The van der Waals surface area contributed by atoms with E-state index in [-0.39, 0.29) is 0 Å². The van der Waals surface area contributed by atoms with Crippen LogP contribution in [0.1, 0.15) is 12.7 Å². The quantitative estimate of drug-likeness (QED) is 0.817. The molecule has 0 saturated heterocycles. The highest BCUT2D eigenvalue weighted by atomic mass is 16.5. The zero-order valence-corrected chi connectivity index (χ0v) is 10.3. The zero-order valence-electron chi connectivity index (χ0n) is 10.3. The van der Waals surface area contributed by atoms with E-state index in [2.05, 4.69) is 10.1 Å². The van der Waals surface area contributed by atoms with E-state index in [1.54, 1.807) is 17.9 Å². The Balaban J connectivity index is 2.59. The highest BCUT2D eigenvalue weighted by Crippen LogP contribution is 2.33. The molecule has 0 aliphatic heterocycles. The number of para-hydroxylation sites is 1. The van der Waals surface area contributed by atoms with Crippen LogP contribution < -0.4 is 10.5 Å². The zero-order chi connectivity index (χ0) is 12.4. The summed E-state index contributed by atoms with van der Waals surface area (Å²) in [6.07, 6.45) is 0.804. The molecule has 90 valence electrons. The number of nitrogens with two attached hydrogens (primary N) is 1. The maximum Gasteiger partial charge on any atom is 0.161 e. The number of hydrogen-bond donors (Lipinski definition) is 1. The first kappa shape index (κ1) is 11.4. The van der Waals surface area contributed by atoms with Crippen LogP contribution in [0.2, 0.25) is 0 Å². The lowest BCUT2D eigenvalue weighted by Crippen LogP contribution is -1.99. The Morgan fingerprint density at radius 2 is 2.18 bits per heavy atom. The van der Waals surface area contributed by atoms with Crippen LogP contribution in [0.3, 0.4) is 0 Å². The van der Waals surface area contributed by atoms with Gasteiger partial charge in [0.05, 0.1) is 18.4 Å². The van der Waals surface area contributed by atoms with Crippen LogP contribution >= 0.6 is 0 Å². The molecule has 0 aliphatic rings. The minimum absolute atomic E-state index is 0.603. The van der Waals surface area contributed by atoms with E-state index in [0.29, 0.717) is 11.4 Å². The van der Waals surface area contributed by atoms with E-state index in [4.69, 9.17) is 10.5 Å². The Kier molecular flexibility index (Phi) is 2.99. The monoisotopic (exact) mass is 232 g/mol. The van der Waals surface area contributed by atoms with E-state index in [1.165, 1.54) is 0 Å². The third kappa shape index (κ3) is 1.95. The third-order valence-corrected chi connectivity index (χ3v) is 2.61. The molecule has 0 spiro atoms. The van der Waals surface area contributed by atoms with Crippen LogP contribution in [0, 0.1) is 0 Å². The smallest absolute Gasteiger partial charge is 0.161 e. The Morgan fingerprint density at radius 1 is 1.41 bits per heavy atom. The van der Waals surface area contributed by atoms with Crippen molar-refractivity contribution in [3.63, 3.8) is 0 Å². The average Bonchev–Trinajstić information content (AvgIpc) is 2.70. The number of aryl methyl sites for hydroxylation is 2. The molecule has 2 N–H and O–H groups in total. The van der Waals surface area contributed by atoms with E-state index in [0.717, 1.165) is 23.6 Å². The lowest BCUT2D eigenvalue weighted by molar-refractivity contribution is 0.418. The summed E-state index contributed by atoms with van der Waals surface area (Å²) in [6, 6.07) is 5.62. The number of anilines is 1. The molecule has 0 saturated carbocycles. The van der Waals surface area contributed by atoms with E-state index in [1.807, 2.05) is 26.1 Å². The minimum Gasteiger partial charge on any atom is -0.494 e. The van der Waals surface area contributed by atoms with Gasteiger partial charge < -0.3 is 10.5 Å². The van der Waals surface area contributed by atoms with Crippen molar-refractivity contribution in [3.8, 4) is 17.1 Å². The first-order valence-corrected chi connectivity index (χ1v) is 5.50. The molecule has 0 atom stereocenters. The topological polar surface area (TPSA) is 66.0 Å². The molecule has 0 fully saturated rings. The second-order valence-corrected chi connectivity index (χ2v) is 3.76. The summed E-state index contributed by atoms with van der Waals surface area (Å²) >= 11 is 0. The van der Waals surface area contributed by atoms with Crippen molar-refractivity contribution in [1.82, 2.24) is 14.8 Å². The summed E-state index contributed by atoms with van der Waals surface area (Å²) in [6.45, 7) is 2.02. The van der Waals surface area contributed by atoms with Gasteiger partial charge in [0, 0.05) is 13.5 Å². The maximum atomic E-state index is 5.88. The minimum atomic E-state index is 0.603. The molecule has 0 radical (unpaired) electrons. The third-order valence-electron chi connectivity index (χ3n) is 2.61. The molecule has 2 rings (SSSR count). The van der Waals surface area contributed by atoms with Gasteiger partial charge in [-0.15, -0.1) is 0 Å². The summed E-state index contributed by atoms with van der Waals surface area (Å²) in [5.74, 6) is 2.23. The second kappa shape index (κ2) is 4.45. The highest BCUT2D eigenvalue weighted by molar-refractivity contribution is 5.73. The number of nitrogen functional groups attached to an aromatic ring is 1. The first-order chi connectivity index (χ1) is 8.17. The van der Waals surface area contributed by atoms with Crippen molar-refractivity contribution in [2.75, 3.05) is 12.8 Å². The van der Waals surface area contributed by atoms with Crippen molar-refractivity contribution in [2.24, 2.45) is 7.05 Å². The fourth-order valence-electron chi connectivity index (χ4n) is 1.78. The molecule has 0 bridgehead atoms. The van der Waals surface area contributed by atoms with Crippen molar-refractivity contribution in [1.29, 1.82) is 0 Å². The summed E-state index contributed by atoms with van der Waals surface area (Å²) in [5, 5.41) is 4.32. The van der Waals surface area contributed by atoms with Crippen LogP contribution in [0.15, 0.2) is 18.2 Å².